The number of thioether (sulfide) groups is 1. The van der Waals surface area contributed by atoms with E-state index in [0.717, 1.165) is 11.4 Å². The zero-order chi connectivity index (χ0) is 12.2. The van der Waals surface area contributed by atoms with Crippen LogP contribution in [0.2, 0.25) is 0 Å². The lowest BCUT2D eigenvalue weighted by molar-refractivity contribution is 0.684. The molecular formula is C13H16N4S. The molecule has 1 unspecified atom stereocenters. The standard InChI is InChI=1S/C13H16N4S/c1-2-6-13(17-10-14-9-15-17)12(5-1)16-11-4-3-7-18-8-11/h1-2,5-6,9-11,16H,3-4,7-8H2. The molecule has 1 fully saturated rings. The van der Waals surface area contributed by atoms with Crippen molar-refractivity contribution in [2.24, 2.45) is 0 Å². The third-order valence-electron chi connectivity index (χ3n) is 3.09. The predicted octanol–water partition coefficient (Wildman–Crippen LogP) is 2.57. The van der Waals surface area contributed by atoms with Gasteiger partial charge in [-0.2, -0.15) is 16.9 Å². The van der Waals surface area contributed by atoms with Crippen LogP contribution in [-0.4, -0.2) is 32.3 Å². The summed E-state index contributed by atoms with van der Waals surface area (Å²) in [5.74, 6) is 2.48. The number of nitrogens with zero attached hydrogens (tertiary/aromatic N) is 3. The Hall–Kier alpha value is -1.49. The molecule has 0 radical (unpaired) electrons. The van der Waals surface area contributed by atoms with Gasteiger partial charge < -0.3 is 5.32 Å². The van der Waals surface area contributed by atoms with Crippen molar-refractivity contribution in [2.45, 2.75) is 18.9 Å². The van der Waals surface area contributed by atoms with Gasteiger partial charge in [-0.05, 0) is 30.7 Å². The molecule has 2 heterocycles. The first-order chi connectivity index (χ1) is 8.93. The Morgan fingerprint density at radius 1 is 1.33 bits per heavy atom. The number of para-hydroxylation sites is 2. The van der Waals surface area contributed by atoms with E-state index in [0.29, 0.717) is 6.04 Å². The largest absolute Gasteiger partial charge is 0.380 e. The minimum absolute atomic E-state index is 0.563. The molecule has 18 heavy (non-hydrogen) atoms. The molecular weight excluding hydrogens is 244 g/mol. The lowest BCUT2D eigenvalue weighted by Crippen LogP contribution is -2.26. The predicted molar refractivity (Wildman–Crippen MR) is 75.3 cm³/mol. The van der Waals surface area contributed by atoms with E-state index in [4.69, 9.17) is 0 Å². The topological polar surface area (TPSA) is 42.7 Å². The zero-order valence-electron chi connectivity index (χ0n) is 10.1. The molecule has 1 saturated heterocycles. The van der Waals surface area contributed by atoms with Gasteiger partial charge in [-0.25, -0.2) is 9.67 Å². The highest BCUT2D eigenvalue weighted by Crippen LogP contribution is 2.24. The third kappa shape index (κ3) is 2.51. The minimum atomic E-state index is 0.563. The average molecular weight is 260 g/mol. The number of nitrogens with one attached hydrogen (secondary N) is 1. The van der Waals surface area contributed by atoms with Crippen LogP contribution in [-0.2, 0) is 0 Å². The normalized spacial score (nSPS) is 19.7. The fourth-order valence-corrected chi connectivity index (χ4v) is 3.27. The lowest BCUT2D eigenvalue weighted by atomic mass is 10.1. The van der Waals surface area contributed by atoms with Gasteiger partial charge in [0.15, 0.2) is 0 Å². The molecule has 4 nitrogen and oxygen atoms in total. The Bertz CT molecular complexity index is 491. The van der Waals surface area contributed by atoms with Gasteiger partial charge in [0.2, 0.25) is 0 Å². The van der Waals surface area contributed by atoms with Crippen LogP contribution in [0, 0.1) is 0 Å². The second-order valence-corrected chi connectivity index (χ2v) is 5.57. The number of aromatic nitrogens is 3. The highest BCUT2D eigenvalue weighted by Gasteiger charge is 2.15. The molecule has 1 aliphatic rings. The molecule has 1 atom stereocenters. The SMILES string of the molecule is c1ccc(-n2cncn2)c(NC2CCCSC2)c1. The van der Waals surface area contributed by atoms with Crippen molar-refractivity contribution in [3.8, 4) is 5.69 Å². The molecule has 94 valence electrons. The first-order valence-electron chi connectivity index (χ1n) is 6.22. The molecule has 0 bridgehead atoms. The van der Waals surface area contributed by atoms with E-state index in [1.165, 1.54) is 24.3 Å². The van der Waals surface area contributed by atoms with Gasteiger partial charge in [0.05, 0.1) is 11.4 Å². The van der Waals surface area contributed by atoms with E-state index in [9.17, 15) is 0 Å². The number of rotatable bonds is 3. The molecule has 0 spiro atoms. The Morgan fingerprint density at radius 2 is 2.28 bits per heavy atom. The highest BCUT2D eigenvalue weighted by molar-refractivity contribution is 7.99. The first kappa shape index (κ1) is 11.6. The van der Waals surface area contributed by atoms with Crippen LogP contribution in [0.5, 0.6) is 0 Å². The van der Waals surface area contributed by atoms with Gasteiger partial charge in [0, 0.05) is 11.8 Å². The van der Waals surface area contributed by atoms with Crippen LogP contribution >= 0.6 is 11.8 Å². The van der Waals surface area contributed by atoms with Crippen molar-refractivity contribution in [1.29, 1.82) is 0 Å². The molecule has 5 heteroatoms. The van der Waals surface area contributed by atoms with E-state index in [1.807, 2.05) is 17.8 Å². The van der Waals surface area contributed by atoms with Crippen LogP contribution in [0.3, 0.4) is 0 Å². The van der Waals surface area contributed by atoms with Gasteiger partial charge in [-0.15, -0.1) is 0 Å². The maximum absolute atomic E-state index is 4.20. The van der Waals surface area contributed by atoms with E-state index < -0.39 is 0 Å². The van der Waals surface area contributed by atoms with Crippen LogP contribution < -0.4 is 5.32 Å². The van der Waals surface area contributed by atoms with Crippen LogP contribution in [0.4, 0.5) is 5.69 Å². The lowest BCUT2D eigenvalue weighted by Gasteiger charge is -2.24. The van der Waals surface area contributed by atoms with Gasteiger partial charge >= 0.3 is 0 Å². The monoisotopic (exact) mass is 260 g/mol. The summed E-state index contributed by atoms with van der Waals surface area (Å²) in [5.41, 5.74) is 2.20. The van der Waals surface area contributed by atoms with Crippen LogP contribution in [0.15, 0.2) is 36.9 Å². The molecule has 1 aliphatic heterocycles. The molecule has 1 aromatic carbocycles. The van der Waals surface area contributed by atoms with Gasteiger partial charge in [0.1, 0.15) is 12.7 Å². The number of benzene rings is 1. The molecule has 1 N–H and O–H groups in total. The Balaban J connectivity index is 1.83. The van der Waals surface area contributed by atoms with E-state index >= 15 is 0 Å². The summed E-state index contributed by atoms with van der Waals surface area (Å²) >= 11 is 2.03. The maximum Gasteiger partial charge on any atom is 0.138 e. The molecule has 1 aromatic heterocycles. The summed E-state index contributed by atoms with van der Waals surface area (Å²) in [4.78, 5) is 4.01. The van der Waals surface area contributed by atoms with E-state index in [-0.39, 0.29) is 0 Å². The number of hydrogen-bond acceptors (Lipinski definition) is 4. The quantitative estimate of drug-likeness (QED) is 0.921. The number of anilines is 1. The molecule has 3 rings (SSSR count). The van der Waals surface area contributed by atoms with E-state index in [1.54, 1.807) is 17.3 Å². The van der Waals surface area contributed by atoms with Crippen LogP contribution in [0.1, 0.15) is 12.8 Å². The van der Waals surface area contributed by atoms with Crippen molar-refractivity contribution in [2.75, 3.05) is 16.8 Å². The van der Waals surface area contributed by atoms with Crippen LogP contribution in [0.25, 0.3) is 5.69 Å². The van der Waals surface area contributed by atoms with Crippen molar-refractivity contribution in [3.63, 3.8) is 0 Å². The number of hydrogen-bond donors (Lipinski definition) is 1. The second-order valence-electron chi connectivity index (χ2n) is 4.42. The Kier molecular flexibility index (Phi) is 3.50. The summed E-state index contributed by atoms with van der Waals surface area (Å²) in [6.07, 6.45) is 5.84. The average Bonchev–Trinajstić information content (AvgIpc) is 2.94. The van der Waals surface area contributed by atoms with Crippen molar-refractivity contribution < 1.29 is 0 Å². The maximum atomic E-state index is 4.20. The molecule has 2 aromatic rings. The Labute approximate surface area is 111 Å². The Morgan fingerprint density at radius 3 is 3.06 bits per heavy atom. The van der Waals surface area contributed by atoms with Crippen molar-refractivity contribution in [1.82, 2.24) is 14.8 Å². The fraction of sp³-hybridized carbons (Fsp3) is 0.385. The van der Waals surface area contributed by atoms with Crippen molar-refractivity contribution in [3.05, 3.63) is 36.9 Å². The summed E-state index contributed by atoms with van der Waals surface area (Å²) in [7, 11) is 0. The summed E-state index contributed by atoms with van der Waals surface area (Å²) in [6, 6.07) is 8.81. The fourth-order valence-electron chi connectivity index (χ4n) is 2.20. The van der Waals surface area contributed by atoms with Gasteiger partial charge in [-0.3, -0.25) is 0 Å². The first-order valence-corrected chi connectivity index (χ1v) is 7.37. The van der Waals surface area contributed by atoms with E-state index in [2.05, 4.69) is 33.6 Å². The summed E-state index contributed by atoms with van der Waals surface area (Å²) < 4.78 is 1.80. The highest BCUT2D eigenvalue weighted by atomic mass is 32.2. The zero-order valence-corrected chi connectivity index (χ0v) is 10.9. The smallest absolute Gasteiger partial charge is 0.138 e. The van der Waals surface area contributed by atoms with Gasteiger partial charge in [0.25, 0.3) is 0 Å². The van der Waals surface area contributed by atoms with Gasteiger partial charge in [-0.1, -0.05) is 12.1 Å². The molecule has 0 amide bonds. The summed E-state index contributed by atoms with van der Waals surface area (Å²) in [5, 5.41) is 7.83. The molecule has 0 aliphatic carbocycles. The van der Waals surface area contributed by atoms with Crippen molar-refractivity contribution >= 4 is 17.4 Å². The second kappa shape index (κ2) is 5.44. The third-order valence-corrected chi connectivity index (χ3v) is 4.30. The molecule has 0 saturated carbocycles. The summed E-state index contributed by atoms with van der Waals surface area (Å²) in [6.45, 7) is 0. The minimum Gasteiger partial charge on any atom is -0.380 e.